The molecule has 0 fully saturated rings. The zero-order chi connectivity index (χ0) is 27.4. The SMILES string of the molecule is COc1ccc(C[C@H](CNC[C@@H](C)C(=O)O)NC/C=C/C[C@H](O)[C@H](C)/C=C/c2c(C)noc2C)cc1Cl. The van der Waals surface area contributed by atoms with E-state index in [1.807, 2.05) is 63.3 Å². The fraction of sp³-hybridized carbons (Fsp3) is 0.500. The Labute approximate surface area is 224 Å². The van der Waals surface area contributed by atoms with Crippen molar-refractivity contribution < 1.29 is 24.3 Å². The average molecular weight is 534 g/mol. The summed E-state index contributed by atoms with van der Waals surface area (Å²) < 4.78 is 10.4. The molecule has 37 heavy (non-hydrogen) atoms. The van der Waals surface area contributed by atoms with Crippen LogP contribution >= 0.6 is 11.6 Å². The Bertz CT molecular complexity index is 1030. The third-order valence-electron chi connectivity index (χ3n) is 6.29. The molecule has 0 aliphatic rings. The van der Waals surface area contributed by atoms with Gasteiger partial charge >= 0.3 is 5.97 Å². The molecular weight excluding hydrogens is 494 g/mol. The number of nitrogens with one attached hydrogen (secondary N) is 2. The number of hydrogen-bond donors (Lipinski definition) is 4. The van der Waals surface area contributed by atoms with Crippen molar-refractivity contribution in [2.24, 2.45) is 11.8 Å². The number of rotatable bonds is 16. The molecule has 2 aromatic rings. The monoisotopic (exact) mass is 533 g/mol. The van der Waals surface area contributed by atoms with Crippen LogP contribution in [0, 0.1) is 25.7 Å². The number of hydrogen-bond acceptors (Lipinski definition) is 7. The van der Waals surface area contributed by atoms with Crippen LogP contribution in [0.3, 0.4) is 0 Å². The van der Waals surface area contributed by atoms with E-state index in [2.05, 4.69) is 15.8 Å². The van der Waals surface area contributed by atoms with E-state index in [1.54, 1.807) is 14.0 Å². The Morgan fingerprint density at radius 1 is 1.24 bits per heavy atom. The molecule has 4 atom stereocenters. The van der Waals surface area contributed by atoms with Crippen LogP contribution in [0.5, 0.6) is 5.75 Å². The van der Waals surface area contributed by atoms with Gasteiger partial charge in [-0.05, 0) is 44.4 Å². The Hall–Kier alpha value is -2.65. The number of methoxy groups -OCH3 is 1. The first-order chi connectivity index (χ1) is 17.6. The van der Waals surface area contributed by atoms with Gasteiger partial charge in [0.25, 0.3) is 0 Å². The van der Waals surface area contributed by atoms with Gasteiger partial charge in [0.05, 0.1) is 29.8 Å². The fourth-order valence-electron chi connectivity index (χ4n) is 3.77. The second kappa shape index (κ2) is 15.6. The lowest BCUT2D eigenvalue weighted by Crippen LogP contribution is -2.42. The van der Waals surface area contributed by atoms with Gasteiger partial charge in [0.2, 0.25) is 0 Å². The third-order valence-corrected chi connectivity index (χ3v) is 6.59. The lowest BCUT2D eigenvalue weighted by molar-refractivity contribution is -0.140. The minimum absolute atomic E-state index is 0.0284. The summed E-state index contributed by atoms with van der Waals surface area (Å²) >= 11 is 6.29. The van der Waals surface area contributed by atoms with Gasteiger partial charge in [0.1, 0.15) is 11.5 Å². The lowest BCUT2D eigenvalue weighted by atomic mass is 10.00. The highest BCUT2D eigenvalue weighted by molar-refractivity contribution is 6.32. The van der Waals surface area contributed by atoms with E-state index in [0.717, 1.165) is 22.6 Å². The number of benzene rings is 1. The molecular formula is C28H40ClN3O5. The van der Waals surface area contributed by atoms with Crippen molar-refractivity contribution in [3.63, 3.8) is 0 Å². The number of aromatic nitrogens is 1. The molecule has 8 nitrogen and oxygen atoms in total. The maximum atomic E-state index is 11.1. The first kappa shape index (κ1) is 30.6. The van der Waals surface area contributed by atoms with E-state index in [4.69, 9.17) is 26.0 Å². The van der Waals surface area contributed by atoms with Gasteiger partial charge in [-0.1, -0.05) is 61.0 Å². The van der Waals surface area contributed by atoms with E-state index in [1.165, 1.54) is 0 Å². The summed E-state index contributed by atoms with van der Waals surface area (Å²) in [7, 11) is 1.58. The molecule has 0 saturated carbocycles. The average Bonchev–Trinajstić information content (AvgIpc) is 3.18. The van der Waals surface area contributed by atoms with Crippen molar-refractivity contribution >= 4 is 23.6 Å². The predicted octanol–water partition coefficient (Wildman–Crippen LogP) is 4.42. The molecule has 4 N–H and O–H groups in total. The van der Waals surface area contributed by atoms with Gasteiger partial charge in [-0.15, -0.1) is 0 Å². The van der Waals surface area contributed by atoms with Crippen LogP contribution in [0.25, 0.3) is 6.08 Å². The molecule has 1 aromatic heterocycles. The number of aliphatic carboxylic acids is 1. The van der Waals surface area contributed by atoms with Crippen LogP contribution in [-0.4, -0.2) is 60.2 Å². The maximum absolute atomic E-state index is 11.1. The summed E-state index contributed by atoms with van der Waals surface area (Å²) in [5.41, 5.74) is 2.84. The van der Waals surface area contributed by atoms with Crippen molar-refractivity contribution in [2.75, 3.05) is 26.7 Å². The minimum atomic E-state index is -0.823. The van der Waals surface area contributed by atoms with Crippen molar-refractivity contribution in [1.29, 1.82) is 0 Å². The largest absolute Gasteiger partial charge is 0.495 e. The number of aliphatic hydroxyl groups is 1. The van der Waals surface area contributed by atoms with Crippen LogP contribution in [0.4, 0.5) is 0 Å². The van der Waals surface area contributed by atoms with Gasteiger partial charge in [0, 0.05) is 37.2 Å². The molecule has 0 saturated heterocycles. The highest BCUT2D eigenvalue weighted by Gasteiger charge is 2.14. The molecule has 2 rings (SSSR count). The smallest absolute Gasteiger partial charge is 0.307 e. The van der Waals surface area contributed by atoms with Crippen molar-refractivity contribution in [3.05, 3.63) is 64.0 Å². The normalized spacial score (nSPS) is 15.2. The molecule has 0 aliphatic heterocycles. The standard InChI is InChI=1S/C28H40ClN3O5/c1-18(9-11-24-20(3)32-37-21(24)4)26(33)8-6-7-13-31-23(17-30-16-19(2)28(34)35)14-22-10-12-27(36-5)25(29)15-22/h6-7,9-12,15,18-19,23,26,30-31,33H,8,13-14,16-17H2,1-5H3,(H,34,35)/b7-6+,11-9+/t18-,19-,23-,26+/m1/s1. The highest BCUT2D eigenvalue weighted by atomic mass is 35.5. The van der Waals surface area contributed by atoms with Crippen LogP contribution in [0.2, 0.25) is 5.02 Å². The summed E-state index contributed by atoms with van der Waals surface area (Å²) in [5.74, 6) is 0.0713. The first-order valence-corrected chi connectivity index (χ1v) is 12.9. The number of carboxylic acids is 1. The van der Waals surface area contributed by atoms with Crippen LogP contribution < -0.4 is 15.4 Å². The van der Waals surface area contributed by atoms with Crippen molar-refractivity contribution in [2.45, 2.75) is 52.7 Å². The quantitative estimate of drug-likeness (QED) is 0.234. The van der Waals surface area contributed by atoms with Crippen molar-refractivity contribution in [3.8, 4) is 5.75 Å². The summed E-state index contributed by atoms with van der Waals surface area (Å²) in [4.78, 5) is 11.1. The van der Waals surface area contributed by atoms with Gasteiger partial charge < -0.3 is 30.1 Å². The van der Waals surface area contributed by atoms with Crippen LogP contribution in [0.1, 0.15) is 42.8 Å². The molecule has 0 spiro atoms. The van der Waals surface area contributed by atoms with Crippen LogP contribution in [-0.2, 0) is 11.2 Å². The number of carboxylic acid groups (broad SMARTS) is 1. The minimum Gasteiger partial charge on any atom is -0.495 e. The van der Waals surface area contributed by atoms with Gasteiger partial charge in [-0.2, -0.15) is 0 Å². The predicted molar refractivity (Wildman–Crippen MR) is 147 cm³/mol. The number of ether oxygens (including phenoxy) is 1. The third kappa shape index (κ3) is 10.3. The molecule has 0 radical (unpaired) electrons. The molecule has 0 amide bonds. The number of aliphatic hydroxyl groups excluding tert-OH is 1. The number of aryl methyl sites for hydroxylation is 2. The lowest BCUT2D eigenvalue weighted by Gasteiger charge is -2.20. The molecule has 0 bridgehead atoms. The second-order valence-electron chi connectivity index (χ2n) is 9.41. The number of carbonyl (C=O) groups is 1. The van der Waals surface area contributed by atoms with E-state index < -0.39 is 18.0 Å². The van der Waals surface area contributed by atoms with Gasteiger partial charge in [-0.3, -0.25) is 4.79 Å². The molecule has 0 unspecified atom stereocenters. The Morgan fingerprint density at radius 3 is 2.62 bits per heavy atom. The topological polar surface area (TPSA) is 117 Å². The maximum Gasteiger partial charge on any atom is 0.307 e. The second-order valence-corrected chi connectivity index (χ2v) is 9.81. The first-order valence-electron chi connectivity index (χ1n) is 12.6. The Balaban J connectivity index is 1.88. The van der Waals surface area contributed by atoms with Crippen LogP contribution in [0.15, 0.2) is 41.0 Å². The Morgan fingerprint density at radius 2 is 2.00 bits per heavy atom. The van der Waals surface area contributed by atoms with E-state index in [9.17, 15) is 9.90 Å². The van der Waals surface area contributed by atoms with E-state index >= 15 is 0 Å². The molecule has 1 aromatic carbocycles. The van der Waals surface area contributed by atoms with Crippen molar-refractivity contribution in [1.82, 2.24) is 15.8 Å². The van der Waals surface area contributed by atoms with E-state index in [0.29, 0.717) is 43.2 Å². The summed E-state index contributed by atoms with van der Waals surface area (Å²) in [5, 5.41) is 30.9. The number of nitrogens with zero attached hydrogens (tertiary/aromatic N) is 1. The van der Waals surface area contributed by atoms with Gasteiger partial charge in [-0.25, -0.2) is 0 Å². The fourth-order valence-corrected chi connectivity index (χ4v) is 4.05. The zero-order valence-corrected chi connectivity index (χ0v) is 23.1. The summed E-state index contributed by atoms with van der Waals surface area (Å²) in [6, 6.07) is 5.76. The van der Waals surface area contributed by atoms with E-state index in [-0.39, 0.29) is 12.0 Å². The molecule has 9 heteroatoms. The van der Waals surface area contributed by atoms with Gasteiger partial charge in [0.15, 0.2) is 0 Å². The highest BCUT2D eigenvalue weighted by Crippen LogP contribution is 2.25. The zero-order valence-electron chi connectivity index (χ0n) is 22.3. The summed E-state index contributed by atoms with van der Waals surface area (Å²) in [6.07, 6.45) is 8.63. The molecule has 204 valence electrons. The Kier molecular flexibility index (Phi) is 12.9. The molecule has 0 aliphatic carbocycles. The summed E-state index contributed by atoms with van der Waals surface area (Å²) in [6.45, 7) is 9.02. The molecule has 1 heterocycles. The number of halogens is 1.